The molecule has 0 aliphatic rings. The molecule has 1 atom stereocenters. The summed E-state index contributed by atoms with van der Waals surface area (Å²) in [7, 11) is -5.64. The summed E-state index contributed by atoms with van der Waals surface area (Å²) in [5.74, 6) is -0.619. The number of nitrogens with zero attached hydrogens (tertiary/aromatic N) is 1. The Labute approximate surface area is 303 Å². The predicted octanol–water partition coefficient (Wildman–Crippen LogP) is 5.39. The molecular weight excluding hydrogens is 683 g/mol. The Bertz CT molecular complexity index is 870. The fourth-order valence-electron chi connectivity index (χ4n) is 5.44. The van der Waals surface area contributed by atoms with Crippen molar-refractivity contribution in [1.29, 1.82) is 0 Å². The molecule has 50 heavy (non-hydrogen) atoms. The lowest BCUT2D eigenvalue weighted by atomic mass is 10.1. The third kappa shape index (κ3) is 21.1. The molecule has 0 aromatic heterocycles. The largest absolute Gasteiger partial charge is 0.500 e. The Morgan fingerprint density at radius 2 is 1.02 bits per heavy atom. The van der Waals surface area contributed by atoms with Crippen molar-refractivity contribution in [2.75, 3.05) is 106 Å². The van der Waals surface area contributed by atoms with Gasteiger partial charge in [-0.25, -0.2) is 0 Å². The Hall–Kier alpha value is -1.48. The summed E-state index contributed by atoms with van der Waals surface area (Å²) >= 11 is 0. The maximum atomic E-state index is 12.4. The van der Waals surface area contributed by atoms with Crippen LogP contribution in [0.3, 0.4) is 0 Å². The van der Waals surface area contributed by atoms with Gasteiger partial charge < -0.3 is 55.5 Å². The number of ether oxygens (including phenoxy) is 4. The van der Waals surface area contributed by atoms with Gasteiger partial charge in [-0.2, -0.15) is 0 Å². The van der Waals surface area contributed by atoms with Crippen molar-refractivity contribution < 1.29 is 55.4 Å². The van der Waals surface area contributed by atoms with Crippen LogP contribution >= 0.6 is 0 Å². The van der Waals surface area contributed by atoms with Crippen LogP contribution in [-0.2, 0) is 45.6 Å². The summed E-state index contributed by atoms with van der Waals surface area (Å²) in [6, 6.07) is 10.9. The van der Waals surface area contributed by atoms with Gasteiger partial charge in [0.2, 0.25) is 0 Å². The van der Waals surface area contributed by atoms with Crippen LogP contribution in [0.4, 0.5) is 0 Å². The summed E-state index contributed by atoms with van der Waals surface area (Å²) in [5, 5.41) is 10.1. The summed E-state index contributed by atoms with van der Waals surface area (Å²) < 4.78 is 58.8. The van der Waals surface area contributed by atoms with Crippen LogP contribution < -0.4 is 4.74 Å². The van der Waals surface area contributed by atoms with Crippen LogP contribution in [-0.4, -0.2) is 139 Å². The van der Waals surface area contributed by atoms with Crippen molar-refractivity contribution in [2.45, 2.75) is 72.9 Å². The number of rotatable bonds is 36. The highest BCUT2D eigenvalue weighted by Crippen LogP contribution is 2.22. The molecule has 0 bridgehead atoms. The molecule has 1 aromatic carbocycles. The van der Waals surface area contributed by atoms with E-state index in [4.69, 9.17) is 45.5 Å². The van der Waals surface area contributed by atoms with E-state index in [0.717, 1.165) is 18.6 Å². The molecule has 0 aliphatic carbocycles. The first-order chi connectivity index (χ1) is 24.3. The first-order valence-electron chi connectivity index (χ1n) is 18.5. The van der Waals surface area contributed by atoms with E-state index < -0.39 is 29.5 Å². The van der Waals surface area contributed by atoms with Gasteiger partial charge >= 0.3 is 23.6 Å². The van der Waals surface area contributed by atoms with E-state index in [1.54, 1.807) is 0 Å². The second kappa shape index (κ2) is 30.0. The molecule has 13 nitrogen and oxygen atoms in total. The zero-order chi connectivity index (χ0) is 36.8. The molecule has 0 aliphatic heterocycles. The highest BCUT2D eigenvalue weighted by atomic mass is 28.4. The topological polar surface area (TPSA) is 133 Å². The molecule has 0 spiro atoms. The molecule has 0 heterocycles. The highest BCUT2D eigenvalue weighted by Gasteiger charge is 2.41. The van der Waals surface area contributed by atoms with Gasteiger partial charge in [0.25, 0.3) is 0 Å². The number of aliphatic carboxylic acids is 1. The molecule has 0 saturated heterocycles. The third-order valence-corrected chi connectivity index (χ3v) is 13.8. The number of benzene rings is 1. The van der Waals surface area contributed by atoms with E-state index in [1.165, 1.54) is 0 Å². The van der Waals surface area contributed by atoms with E-state index in [1.807, 2.05) is 71.9 Å². The smallest absolute Gasteiger partial charge is 0.491 e. The van der Waals surface area contributed by atoms with E-state index in [-0.39, 0.29) is 0 Å². The van der Waals surface area contributed by atoms with Crippen molar-refractivity contribution >= 4 is 23.6 Å². The van der Waals surface area contributed by atoms with Gasteiger partial charge in [-0.05, 0) is 86.0 Å². The maximum absolute atomic E-state index is 12.4. The van der Waals surface area contributed by atoms with Crippen LogP contribution in [0.25, 0.3) is 0 Å². The normalized spacial score (nSPS) is 12.9. The molecule has 0 amide bonds. The lowest BCUT2D eigenvalue weighted by molar-refractivity contribution is -0.143. The predicted molar refractivity (Wildman–Crippen MR) is 197 cm³/mol. The molecule has 292 valence electrons. The lowest BCUT2D eigenvalue weighted by Crippen LogP contribution is -2.47. The molecule has 0 fully saturated rings. The van der Waals surface area contributed by atoms with E-state index in [9.17, 15) is 9.90 Å². The first kappa shape index (κ1) is 46.5. The van der Waals surface area contributed by atoms with Crippen molar-refractivity contribution in [3.05, 3.63) is 30.3 Å². The molecule has 1 aromatic rings. The lowest BCUT2D eigenvalue weighted by Gasteiger charge is -2.31. The number of para-hydroxylation sites is 1. The second-order valence-electron chi connectivity index (χ2n) is 11.3. The van der Waals surface area contributed by atoms with E-state index in [0.29, 0.717) is 124 Å². The van der Waals surface area contributed by atoms with Gasteiger partial charge in [-0.1, -0.05) is 18.2 Å². The zero-order valence-electron chi connectivity index (χ0n) is 31.7. The van der Waals surface area contributed by atoms with Gasteiger partial charge in [0.1, 0.15) is 12.4 Å². The average molecular weight is 750 g/mol. The molecule has 0 saturated carbocycles. The van der Waals surface area contributed by atoms with Gasteiger partial charge in [-0.3, -0.25) is 4.79 Å². The zero-order valence-corrected chi connectivity index (χ0v) is 33.7. The fraction of sp³-hybridized carbons (Fsp3) is 0.800. The highest BCUT2D eigenvalue weighted by molar-refractivity contribution is 6.61. The number of carboxylic acids is 1. The summed E-state index contributed by atoms with van der Waals surface area (Å²) in [5.41, 5.74) is 0. The molecule has 1 rings (SSSR count). The molecule has 1 unspecified atom stereocenters. The van der Waals surface area contributed by atoms with Gasteiger partial charge in [0.15, 0.2) is 0 Å². The standard InChI is InChI=1S/C35H67NO12Si2/c1-7-43-49(44-8-2,45-9-3)30-16-21-36(22-17-31-50(46-10-4,47-11-5)48-12-6)32-33(35(37)38)20-23-39-24-25-40-26-27-41-28-29-42-34-18-14-13-15-19-34/h13-15,18-19,33H,7-12,16-17,20-32H2,1-6H3,(H,37,38). The van der Waals surface area contributed by atoms with Crippen LogP contribution in [0.15, 0.2) is 30.3 Å². The van der Waals surface area contributed by atoms with Crippen LogP contribution in [0.5, 0.6) is 5.75 Å². The Balaban J connectivity index is 2.62. The van der Waals surface area contributed by atoms with Crippen LogP contribution in [0, 0.1) is 5.92 Å². The summed E-state index contributed by atoms with van der Waals surface area (Å²) in [6.45, 7) is 19.5. The second-order valence-corrected chi connectivity index (χ2v) is 16.8. The quantitative estimate of drug-likeness (QED) is 0.0696. The minimum atomic E-state index is -2.82. The van der Waals surface area contributed by atoms with Crippen LogP contribution in [0.1, 0.15) is 60.8 Å². The van der Waals surface area contributed by atoms with Gasteiger partial charge in [0.05, 0.1) is 39.0 Å². The van der Waals surface area contributed by atoms with E-state index >= 15 is 0 Å². The maximum Gasteiger partial charge on any atom is 0.500 e. The van der Waals surface area contributed by atoms with Crippen molar-refractivity contribution in [1.82, 2.24) is 4.90 Å². The van der Waals surface area contributed by atoms with Gasteiger partial charge in [0, 0.05) is 64.9 Å². The molecule has 1 N–H and O–H groups in total. The van der Waals surface area contributed by atoms with E-state index in [2.05, 4.69) is 4.90 Å². The fourth-order valence-corrected chi connectivity index (χ4v) is 10.6. The minimum absolute atomic E-state index is 0.325. The number of carbonyl (C=O) groups is 1. The third-order valence-electron chi connectivity index (χ3n) is 7.52. The molecule has 0 radical (unpaired) electrons. The summed E-state index contributed by atoms with van der Waals surface area (Å²) in [4.78, 5) is 14.6. The van der Waals surface area contributed by atoms with Crippen molar-refractivity contribution in [2.24, 2.45) is 5.92 Å². The van der Waals surface area contributed by atoms with Gasteiger partial charge in [-0.15, -0.1) is 0 Å². The number of hydrogen-bond acceptors (Lipinski definition) is 12. The molecular formula is C35H67NO12Si2. The summed E-state index contributed by atoms with van der Waals surface area (Å²) in [6.07, 6.45) is 1.89. The Morgan fingerprint density at radius 1 is 0.620 bits per heavy atom. The Kier molecular flexibility index (Phi) is 28.0. The Morgan fingerprint density at radius 3 is 1.42 bits per heavy atom. The van der Waals surface area contributed by atoms with Crippen molar-refractivity contribution in [3.8, 4) is 5.75 Å². The minimum Gasteiger partial charge on any atom is -0.491 e. The van der Waals surface area contributed by atoms with Crippen molar-refractivity contribution in [3.63, 3.8) is 0 Å². The molecule has 15 heteroatoms. The number of carboxylic acid groups (broad SMARTS) is 1. The van der Waals surface area contributed by atoms with Crippen LogP contribution in [0.2, 0.25) is 12.1 Å². The SMILES string of the molecule is CCO[Si](CCCN(CCC[Si](OCC)(OCC)OCC)CC(CCOCCOCCOCCOc1ccccc1)C(=O)O)(OCC)OCC. The average Bonchev–Trinajstić information content (AvgIpc) is 3.09. The number of hydrogen-bond donors (Lipinski definition) is 1. The first-order valence-corrected chi connectivity index (χ1v) is 22.4. The monoisotopic (exact) mass is 749 g/mol.